The third kappa shape index (κ3) is 3.69. The number of aromatic nitrogens is 3. The Labute approximate surface area is 149 Å². The molecule has 0 fully saturated rings. The van der Waals surface area contributed by atoms with Crippen LogP contribution in [0, 0.1) is 20.8 Å². The quantitative estimate of drug-likeness (QED) is 0.849. The smallest absolute Gasteiger partial charge is 0.241 e. The third-order valence-corrected chi connectivity index (χ3v) is 6.17. The minimum absolute atomic E-state index is 0.142. The minimum atomic E-state index is -3.72. The minimum Gasteiger partial charge on any atom is -0.496 e. The Morgan fingerprint density at radius 2 is 1.80 bits per heavy atom. The van der Waals surface area contributed by atoms with Gasteiger partial charge in [-0.3, -0.25) is 0 Å². The monoisotopic (exact) mass is 366 g/mol. The van der Waals surface area contributed by atoms with Crippen LogP contribution in [-0.4, -0.2) is 30.3 Å². The van der Waals surface area contributed by atoms with Gasteiger partial charge in [0.2, 0.25) is 10.0 Å². The lowest BCUT2D eigenvalue weighted by molar-refractivity contribution is 0.410. The highest BCUT2D eigenvalue weighted by molar-refractivity contribution is 7.89. The van der Waals surface area contributed by atoms with Crippen molar-refractivity contribution in [1.82, 2.24) is 19.5 Å². The Hall–Kier alpha value is -1.93. The van der Waals surface area contributed by atoms with Gasteiger partial charge in [0.1, 0.15) is 12.1 Å². The first kappa shape index (κ1) is 19.4. The summed E-state index contributed by atoms with van der Waals surface area (Å²) in [5, 5.41) is 7.97. The summed E-state index contributed by atoms with van der Waals surface area (Å²) >= 11 is 0. The van der Waals surface area contributed by atoms with E-state index in [1.165, 1.54) is 0 Å². The Morgan fingerprint density at radius 3 is 2.36 bits per heavy atom. The van der Waals surface area contributed by atoms with E-state index in [4.69, 9.17) is 4.74 Å². The van der Waals surface area contributed by atoms with Gasteiger partial charge in [-0.05, 0) is 64.3 Å². The van der Waals surface area contributed by atoms with Crippen molar-refractivity contribution in [2.45, 2.75) is 58.5 Å². The molecule has 1 aromatic carbocycles. The fourth-order valence-electron chi connectivity index (χ4n) is 2.95. The summed E-state index contributed by atoms with van der Waals surface area (Å²) in [6.07, 6.45) is 1.61. The molecule has 8 heteroatoms. The summed E-state index contributed by atoms with van der Waals surface area (Å²) in [7, 11) is -2.15. The molecule has 0 amide bonds. The zero-order chi connectivity index (χ0) is 18.9. The average Bonchev–Trinajstić information content (AvgIpc) is 3.00. The second kappa shape index (κ2) is 7.13. The first-order chi connectivity index (χ1) is 11.6. The molecule has 1 heterocycles. The fraction of sp³-hybridized carbons (Fsp3) is 0.529. The number of benzene rings is 1. The third-order valence-electron chi connectivity index (χ3n) is 4.34. The molecule has 0 saturated carbocycles. The van der Waals surface area contributed by atoms with Gasteiger partial charge in [-0.15, -0.1) is 10.2 Å². The van der Waals surface area contributed by atoms with Gasteiger partial charge in [0, 0.05) is 6.04 Å². The van der Waals surface area contributed by atoms with Gasteiger partial charge in [0.15, 0.2) is 5.82 Å². The highest BCUT2D eigenvalue weighted by Gasteiger charge is 2.26. The number of ether oxygens (including phenoxy) is 1. The van der Waals surface area contributed by atoms with Crippen molar-refractivity contribution in [2.75, 3.05) is 7.11 Å². The maximum atomic E-state index is 13.0. The number of hydrogen-bond acceptors (Lipinski definition) is 5. The highest BCUT2D eigenvalue weighted by Crippen LogP contribution is 2.31. The molecule has 0 bridgehead atoms. The Bertz CT molecular complexity index is 872. The summed E-state index contributed by atoms with van der Waals surface area (Å²) < 4.78 is 35.9. The van der Waals surface area contributed by atoms with Gasteiger partial charge in [-0.1, -0.05) is 0 Å². The van der Waals surface area contributed by atoms with Gasteiger partial charge in [-0.2, -0.15) is 0 Å². The first-order valence-electron chi connectivity index (χ1n) is 8.16. The van der Waals surface area contributed by atoms with E-state index in [9.17, 15) is 8.42 Å². The molecule has 0 unspecified atom stereocenters. The number of aryl methyl sites for hydroxylation is 1. The number of methoxy groups -OCH3 is 1. The molecule has 25 heavy (non-hydrogen) atoms. The maximum Gasteiger partial charge on any atom is 0.241 e. The van der Waals surface area contributed by atoms with E-state index in [2.05, 4.69) is 14.9 Å². The van der Waals surface area contributed by atoms with Crippen LogP contribution in [0.2, 0.25) is 0 Å². The van der Waals surface area contributed by atoms with E-state index < -0.39 is 16.1 Å². The van der Waals surface area contributed by atoms with E-state index in [-0.39, 0.29) is 10.9 Å². The fourth-order valence-corrected chi connectivity index (χ4v) is 4.68. The van der Waals surface area contributed by atoms with E-state index in [1.807, 2.05) is 25.3 Å². The van der Waals surface area contributed by atoms with E-state index in [0.717, 1.165) is 5.56 Å². The Kier molecular flexibility index (Phi) is 5.53. The van der Waals surface area contributed by atoms with Crippen molar-refractivity contribution >= 4 is 10.0 Å². The predicted molar refractivity (Wildman–Crippen MR) is 96.3 cm³/mol. The van der Waals surface area contributed by atoms with Crippen LogP contribution >= 0.6 is 0 Å². The molecule has 0 aliphatic rings. The number of hydrogen-bond donors (Lipinski definition) is 1. The second-order valence-electron chi connectivity index (χ2n) is 6.51. The summed E-state index contributed by atoms with van der Waals surface area (Å²) in [5.74, 6) is 1.26. The van der Waals surface area contributed by atoms with Crippen LogP contribution in [0.4, 0.5) is 0 Å². The van der Waals surface area contributed by atoms with Crippen LogP contribution < -0.4 is 9.46 Å². The van der Waals surface area contributed by atoms with Crippen LogP contribution in [0.5, 0.6) is 5.75 Å². The molecule has 138 valence electrons. The lowest BCUT2D eigenvalue weighted by Gasteiger charge is -2.20. The van der Waals surface area contributed by atoms with Crippen molar-refractivity contribution in [2.24, 2.45) is 0 Å². The van der Waals surface area contributed by atoms with Crippen LogP contribution in [-0.2, 0) is 10.0 Å². The molecule has 0 saturated heterocycles. The summed E-state index contributed by atoms with van der Waals surface area (Å²) in [4.78, 5) is 0.285. The van der Waals surface area contributed by atoms with E-state index in [0.29, 0.717) is 22.7 Å². The van der Waals surface area contributed by atoms with E-state index >= 15 is 0 Å². The summed E-state index contributed by atoms with van der Waals surface area (Å²) in [5.41, 5.74) is 2.14. The van der Waals surface area contributed by atoms with Crippen molar-refractivity contribution < 1.29 is 13.2 Å². The van der Waals surface area contributed by atoms with Crippen LogP contribution in [0.3, 0.4) is 0 Å². The molecule has 0 aliphatic carbocycles. The zero-order valence-electron chi connectivity index (χ0n) is 15.8. The normalized spacial score (nSPS) is 13.3. The highest BCUT2D eigenvalue weighted by atomic mass is 32.2. The SMILES string of the molecule is COc1cc(C)c(S(=O)(=O)N[C@@H](C)c2nncn2C(C)C)c(C)c1C. The van der Waals surface area contributed by atoms with Crippen molar-refractivity contribution in [3.63, 3.8) is 0 Å². The molecule has 1 atom stereocenters. The number of nitrogens with zero attached hydrogens (tertiary/aromatic N) is 3. The molecule has 0 aliphatic heterocycles. The molecule has 1 N–H and O–H groups in total. The zero-order valence-corrected chi connectivity index (χ0v) is 16.6. The van der Waals surface area contributed by atoms with Gasteiger partial charge in [-0.25, -0.2) is 13.1 Å². The molecular weight excluding hydrogens is 340 g/mol. The standard InChI is InChI=1S/C17H26N4O3S/c1-10(2)21-9-18-19-17(21)14(6)20-25(22,23)16-11(3)8-15(24-7)12(4)13(16)5/h8-10,14,20H,1-7H3/t14-/m0/s1. The number of nitrogens with one attached hydrogen (secondary N) is 1. The molecule has 2 aromatic rings. The Balaban J connectivity index is 2.43. The topological polar surface area (TPSA) is 86.1 Å². The van der Waals surface area contributed by atoms with Crippen LogP contribution in [0.1, 0.15) is 55.4 Å². The molecule has 7 nitrogen and oxygen atoms in total. The maximum absolute atomic E-state index is 13.0. The van der Waals surface area contributed by atoms with Gasteiger partial charge < -0.3 is 9.30 Å². The second-order valence-corrected chi connectivity index (χ2v) is 8.16. The van der Waals surface area contributed by atoms with E-state index in [1.54, 1.807) is 40.3 Å². The molecule has 0 spiro atoms. The lowest BCUT2D eigenvalue weighted by atomic mass is 10.1. The van der Waals surface area contributed by atoms with Crippen molar-refractivity contribution in [3.8, 4) is 5.75 Å². The molecule has 0 radical (unpaired) electrons. The van der Waals surface area contributed by atoms with Gasteiger partial charge >= 0.3 is 0 Å². The van der Waals surface area contributed by atoms with Gasteiger partial charge in [0.25, 0.3) is 0 Å². The molecular formula is C17H26N4O3S. The van der Waals surface area contributed by atoms with Gasteiger partial charge in [0.05, 0.1) is 18.0 Å². The largest absolute Gasteiger partial charge is 0.496 e. The Morgan fingerprint density at radius 1 is 1.16 bits per heavy atom. The predicted octanol–water partition coefficient (Wildman–Crippen LogP) is 2.83. The summed E-state index contributed by atoms with van der Waals surface area (Å²) in [6.45, 7) is 11.2. The molecule has 1 aromatic heterocycles. The average molecular weight is 366 g/mol. The van der Waals surface area contributed by atoms with Crippen LogP contribution in [0.15, 0.2) is 17.3 Å². The van der Waals surface area contributed by atoms with Crippen molar-refractivity contribution in [3.05, 3.63) is 34.9 Å². The number of sulfonamides is 1. The lowest BCUT2D eigenvalue weighted by Crippen LogP contribution is -2.30. The summed E-state index contributed by atoms with van der Waals surface area (Å²) in [6, 6.07) is 1.39. The number of rotatable bonds is 6. The first-order valence-corrected chi connectivity index (χ1v) is 9.65. The van der Waals surface area contributed by atoms with Crippen molar-refractivity contribution in [1.29, 1.82) is 0 Å². The van der Waals surface area contributed by atoms with Crippen LogP contribution in [0.25, 0.3) is 0 Å². The molecule has 2 rings (SSSR count).